The molecule has 0 aliphatic carbocycles. The number of likely N-dealkylation sites (N-methyl/N-ethyl adjacent to an activating group) is 1. The number of amides is 1. The molecule has 4 nitrogen and oxygen atoms in total. The van der Waals surface area contributed by atoms with Crippen LogP contribution in [0.2, 0.25) is 0 Å². The summed E-state index contributed by atoms with van der Waals surface area (Å²) < 4.78 is 0. The van der Waals surface area contributed by atoms with Gasteiger partial charge in [-0.2, -0.15) is 0 Å². The molecule has 1 atom stereocenters. The standard InChI is InChI=1S/C17H27N3O/c1-14(2)11-20-8-6-16(13-20)12-19(3)17(21)9-15-5-4-7-18-10-15/h4-5,7,10,14,16H,6,8-9,11-13H2,1-3H3/t16-/m0/s1. The van der Waals surface area contributed by atoms with Crippen LogP contribution in [0.5, 0.6) is 0 Å². The zero-order chi connectivity index (χ0) is 15.2. The molecule has 21 heavy (non-hydrogen) atoms. The van der Waals surface area contributed by atoms with Gasteiger partial charge in [0.05, 0.1) is 6.42 Å². The Morgan fingerprint density at radius 1 is 1.52 bits per heavy atom. The lowest BCUT2D eigenvalue weighted by molar-refractivity contribution is -0.129. The number of likely N-dealkylation sites (tertiary alicyclic amines) is 1. The van der Waals surface area contributed by atoms with Gasteiger partial charge in [-0.15, -0.1) is 0 Å². The number of aromatic nitrogens is 1. The summed E-state index contributed by atoms with van der Waals surface area (Å²) in [5.74, 6) is 1.52. The van der Waals surface area contributed by atoms with Gasteiger partial charge in [0.15, 0.2) is 0 Å². The fourth-order valence-corrected chi connectivity index (χ4v) is 3.05. The Balaban J connectivity index is 1.76. The van der Waals surface area contributed by atoms with Crippen molar-refractivity contribution in [3.63, 3.8) is 0 Å². The van der Waals surface area contributed by atoms with Crippen LogP contribution in [0.3, 0.4) is 0 Å². The predicted octanol–water partition coefficient (Wildman–Crippen LogP) is 2.06. The van der Waals surface area contributed by atoms with Crippen LogP contribution in [0.25, 0.3) is 0 Å². The minimum atomic E-state index is 0.185. The third-order valence-electron chi connectivity index (χ3n) is 4.03. The van der Waals surface area contributed by atoms with E-state index >= 15 is 0 Å². The van der Waals surface area contributed by atoms with Crippen molar-refractivity contribution in [1.82, 2.24) is 14.8 Å². The van der Waals surface area contributed by atoms with E-state index in [9.17, 15) is 4.79 Å². The van der Waals surface area contributed by atoms with Gasteiger partial charge in [-0.3, -0.25) is 9.78 Å². The Labute approximate surface area is 128 Å². The van der Waals surface area contributed by atoms with E-state index in [1.165, 1.54) is 19.5 Å². The summed E-state index contributed by atoms with van der Waals surface area (Å²) in [6, 6.07) is 3.84. The summed E-state index contributed by atoms with van der Waals surface area (Å²) in [5, 5.41) is 0. The molecule has 1 saturated heterocycles. The summed E-state index contributed by atoms with van der Waals surface area (Å²) in [4.78, 5) is 20.7. The monoisotopic (exact) mass is 289 g/mol. The van der Waals surface area contributed by atoms with Crippen molar-refractivity contribution in [2.75, 3.05) is 33.2 Å². The average Bonchev–Trinajstić information content (AvgIpc) is 2.86. The Morgan fingerprint density at radius 2 is 2.33 bits per heavy atom. The Hall–Kier alpha value is -1.42. The zero-order valence-electron chi connectivity index (χ0n) is 13.5. The van der Waals surface area contributed by atoms with Crippen LogP contribution in [-0.4, -0.2) is 53.9 Å². The molecule has 116 valence electrons. The maximum absolute atomic E-state index is 12.2. The van der Waals surface area contributed by atoms with Crippen LogP contribution < -0.4 is 0 Å². The van der Waals surface area contributed by atoms with Crippen LogP contribution in [0.1, 0.15) is 25.8 Å². The summed E-state index contributed by atoms with van der Waals surface area (Å²) >= 11 is 0. The average molecular weight is 289 g/mol. The maximum Gasteiger partial charge on any atom is 0.226 e. The molecule has 0 saturated carbocycles. The van der Waals surface area contributed by atoms with Crippen molar-refractivity contribution in [3.05, 3.63) is 30.1 Å². The number of pyridine rings is 1. The number of nitrogens with zero attached hydrogens (tertiary/aromatic N) is 3. The molecule has 2 rings (SSSR count). The fourth-order valence-electron chi connectivity index (χ4n) is 3.05. The highest BCUT2D eigenvalue weighted by molar-refractivity contribution is 5.78. The van der Waals surface area contributed by atoms with E-state index < -0.39 is 0 Å². The van der Waals surface area contributed by atoms with Gasteiger partial charge < -0.3 is 9.80 Å². The lowest BCUT2D eigenvalue weighted by atomic mass is 10.1. The van der Waals surface area contributed by atoms with Crippen molar-refractivity contribution in [2.45, 2.75) is 26.7 Å². The molecule has 1 aliphatic heterocycles. The molecule has 0 radical (unpaired) electrons. The maximum atomic E-state index is 12.2. The molecular weight excluding hydrogens is 262 g/mol. The van der Waals surface area contributed by atoms with Crippen molar-refractivity contribution in [2.24, 2.45) is 11.8 Å². The highest BCUT2D eigenvalue weighted by Gasteiger charge is 2.25. The van der Waals surface area contributed by atoms with Gasteiger partial charge in [0.2, 0.25) is 5.91 Å². The largest absolute Gasteiger partial charge is 0.345 e. The van der Waals surface area contributed by atoms with Crippen molar-refractivity contribution in [3.8, 4) is 0 Å². The van der Waals surface area contributed by atoms with E-state index in [0.29, 0.717) is 18.3 Å². The lowest BCUT2D eigenvalue weighted by Gasteiger charge is -2.22. The topological polar surface area (TPSA) is 36.4 Å². The van der Waals surface area contributed by atoms with Gasteiger partial charge >= 0.3 is 0 Å². The molecule has 0 aromatic carbocycles. The Kier molecular flexibility index (Phi) is 5.74. The first-order chi connectivity index (χ1) is 10.0. The fraction of sp³-hybridized carbons (Fsp3) is 0.647. The van der Waals surface area contributed by atoms with Crippen LogP contribution in [0.15, 0.2) is 24.5 Å². The third-order valence-corrected chi connectivity index (χ3v) is 4.03. The highest BCUT2D eigenvalue weighted by Crippen LogP contribution is 2.18. The van der Waals surface area contributed by atoms with Crippen LogP contribution in [-0.2, 0) is 11.2 Å². The van der Waals surface area contributed by atoms with Crippen LogP contribution in [0, 0.1) is 11.8 Å². The molecule has 0 unspecified atom stereocenters. The zero-order valence-corrected chi connectivity index (χ0v) is 13.5. The smallest absolute Gasteiger partial charge is 0.226 e. The second-order valence-electron chi connectivity index (χ2n) is 6.62. The minimum absolute atomic E-state index is 0.185. The van der Waals surface area contributed by atoms with Gasteiger partial charge in [-0.25, -0.2) is 0 Å². The normalized spacial score (nSPS) is 19.1. The molecule has 1 aromatic rings. The van der Waals surface area contributed by atoms with Gasteiger partial charge in [-0.1, -0.05) is 19.9 Å². The van der Waals surface area contributed by atoms with Crippen molar-refractivity contribution >= 4 is 5.91 Å². The first-order valence-electron chi connectivity index (χ1n) is 7.90. The quantitative estimate of drug-likeness (QED) is 0.804. The third kappa shape index (κ3) is 5.12. The first-order valence-corrected chi connectivity index (χ1v) is 7.90. The summed E-state index contributed by atoms with van der Waals surface area (Å²) in [6.45, 7) is 8.86. The van der Waals surface area contributed by atoms with E-state index in [-0.39, 0.29) is 5.91 Å². The minimum Gasteiger partial charge on any atom is -0.345 e. The second kappa shape index (κ2) is 7.55. The molecule has 1 aliphatic rings. The van der Waals surface area contributed by atoms with Gasteiger partial charge in [-0.05, 0) is 36.4 Å². The summed E-state index contributed by atoms with van der Waals surface area (Å²) in [6.07, 6.45) is 5.16. The predicted molar refractivity (Wildman–Crippen MR) is 85.0 cm³/mol. The lowest BCUT2D eigenvalue weighted by Crippen LogP contribution is -2.34. The molecular formula is C17H27N3O. The van der Waals surface area contributed by atoms with Crippen LogP contribution >= 0.6 is 0 Å². The van der Waals surface area contributed by atoms with E-state index in [0.717, 1.165) is 18.7 Å². The van der Waals surface area contributed by atoms with Crippen molar-refractivity contribution < 1.29 is 4.79 Å². The second-order valence-corrected chi connectivity index (χ2v) is 6.62. The SMILES string of the molecule is CC(C)CN1CC[C@@H](CN(C)C(=O)Cc2cccnc2)C1. The van der Waals surface area contributed by atoms with Crippen LogP contribution in [0.4, 0.5) is 0 Å². The van der Waals surface area contributed by atoms with Gasteiger partial charge in [0.25, 0.3) is 0 Å². The number of hydrogen-bond donors (Lipinski definition) is 0. The molecule has 1 fully saturated rings. The number of hydrogen-bond acceptors (Lipinski definition) is 3. The summed E-state index contributed by atoms with van der Waals surface area (Å²) in [7, 11) is 1.92. The molecule has 4 heteroatoms. The van der Waals surface area contributed by atoms with E-state index in [1.54, 1.807) is 12.4 Å². The summed E-state index contributed by atoms with van der Waals surface area (Å²) in [5.41, 5.74) is 0.988. The number of carbonyl (C=O) groups excluding carboxylic acids is 1. The Bertz CT molecular complexity index is 447. The Morgan fingerprint density at radius 3 is 3.00 bits per heavy atom. The van der Waals surface area contributed by atoms with E-state index in [2.05, 4.69) is 23.7 Å². The van der Waals surface area contributed by atoms with Gasteiger partial charge in [0.1, 0.15) is 0 Å². The van der Waals surface area contributed by atoms with E-state index in [4.69, 9.17) is 0 Å². The number of carbonyl (C=O) groups is 1. The molecule has 0 spiro atoms. The molecule has 1 aromatic heterocycles. The number of rotatable bonds is 6. The molecule has 1 amide bonds. The molecule has 0 N–H and O–H groups in total. The molecule has 0 bridgehead atoms. The first kappa shape index (κ1) is 16.0. The highest BCUT2D eigenvalue weighted by atomic mass is 16.2. The van der Waals surface area contributed by atoms with Crippen molar-refractivity contribution in [1.29, 1.82) is 0 Å². The van der Waals surface area contributed by atoms with Gasteiger partial charge in [0, 0.05) is 39.1 Å². The molecule has 2 heterocycles. The van der Waals surface area contributed by atoms with E-state index in [1.807, 2.05) is 24.1 Å².